The minimum Gasteiger partial charge on any atom is -0.444 e. The van der Waals surface area contributed by atoms with Crippen molar-refractivity contribution in [2.75, 3.05) is 20.2 Å². The highest BCUT2D eigenvalue weighted by Gasteiger charge is 2.34. The highest BCUT2D eigenvalue weighted by Crippen LogP contribution is 2.17. The smallest absolute Gasteiger partial charge is 0.408 e. The quantitative estimate of drug-likeness (QED) is 0.928. The van der Waals surface area contributed by atoms with E-state index in [2.05, 4.69) is 22.3 Å². The molecule has 1 amide bonds. The molecule has 5 heteroatoms. The second-order valence-electron chi connectivity index (χ2n) is 6.71. The van der Waals surface area contributed by atoms with Gasteiger partial charge in [0.05, 0.1) is 12.1 Å². The Morgan fingerprint density at radius 3 is 2.55 bits per heavy atom. The van der Waals surface area contributed by atoms with Gasteiger partial charge in [0, 0.05) is 26.7 Å². The van der Waals surface area contributed by atoms with Gasteiger partial charge in [-0.1, -0.05) is 30.3 Å². The van der Waals surface area contributed by atoms with Crippen LogP contribution in [0.4, 0.5) is 4.79 Å². The average molecular weight is 306 g/mol. The van der Waals surface area contributed by atoms with Crippen molar-refractivity contribution >= 4 is 6.09 Å². The number of benzene rings is 1. The summed E-state index contributed by atoms with van der Waals surface area (Å²) in [6, 6.07) is 10.2. The van der Waals surface area contributed by atoms with Gasteiger partial charge in [-0.05, 0) is 26.3 Å². The molecule has 1 saturated heterocycles. The fraction of sp³-hybridized carbons (Fsp3) is 0.588. The lowest BCUT2D eigenvalue weighted by atomic mass is 10.2. The molecule has 0 aliphatic carbocycles. The predicted octanol–water partition coefficient (Wildman–Crippen LogP) is 2.41. The maximum absolute atomic E-state index is 11.9. The first-order valence-corrected chi connectivity index (χ1v) is 7.66. The number of nitrogens with zero attached hydrogens (tertiary/aromatic N) is 1. The molecule has 22 heavy (non-hydrogen) atoms. The van der Waals surface area contributed by atoms with Crippen LogP contribution in [0.2, 0.25) is 0 Å². The molecule has 0 saturated carbocycles. The Balaban J connectivity index is 1.90. The molecule has 1 heterocycles. The van der Waals surface area contributed by atoms with Crippen LogP contribution in [-0.2, 0) is 16.0 Å². The first kappa shape index (κ1) is 16.8. The van der Waals surface area contributed by atoms with Crippen LogP contribution in [0.3, 0.4) is 0 Å². The SMILES string of the molecule is COC1CN(Cc2ccccc2)CC1NC(=O)OC(C)(C)C. The van der Waals surface area contributed by atoms with Crippen LogP contribution in [-0.4, -0.2) is 48.9 Å². The number of carbonyl (C=O) groups excluding carboxylic acids is 1. The van der Waals surface area contributed by atoms with E-state index in [-0.39, 0.29) is 18.2 Å². The molecule has 2 rings (SSSR count). The highest BCUT2D eigenvalue weighted by molar-refractivity contribution is 5.68. The van der Waals surface area contributed by atoms with E-state index in [1.54, 1.807) is 7.11 Å². The van der Waals surface area contributed by atoms with Crippen LogP contribution < -0.4 is 5.32 Å². The molecule has 1 fully saturated rings. The normalized spacial score (nSPS) is 22.5. The molecule has 1 aromatic carbocycles. The zero-order valence-corrected chi connectivity index (χ0v) is 13.8. The molecule has 5 nitrogen and oxygen atoms in total. The number of ether oxygens (including phenoxy) is 2. The van der Waals surface area contributed by atoms with Crippen molar-refractivity contribution in [3.8, 4) is 0 Å². The van der Waals surface area contributed by atoms with Gasteiger partial charge < -0.3 is 14.8 Å². The number of carbonyl (C=O) groups is 1. The summed E-state index contributed by atoms with van der Waals surface area (Å²) in [5.41, 5.74) is 0.768. The Labute approximate surface area is 132 Å². The van der Waals surface area contributed by atoms with Gasteiger partial charge in [-0.25, -0.2) is 4.79 Å². The van der Waals surface area contributed by atoms with Crippen molar-refractivity contribution in [2.45, 2.75) is 45.1 Å². The molecule has 0 aromatic heterocycles. The van der Waals surface area contributed by atoms with Crippen molar-refractivity contribution in [1.82, 2.24) is 10.2 Å². The second-order valence-corrected chi connectivity index (χ2v) is 6.71. The molecule has 1 aliphatic heterocycles. The number of likely N-dealkylation sites (tertiary alicyclic amines) is 1. The van der Waals surface area contributed by atoms with Gasteiger partial charge in [0.1, 0.15) is 5.60 Å². The summed E-state index contributed by atoms with van der Waals surface area (Å²) >= 11 is 0. The Bertz CT molecular complexity index is 484. The van der Waals surface area contributed by atoms with Crippen LogP contribution in [0, 0.1) is 0 Å². The predicted molar refractivity (Wildman–Crippen MR) is 85.7 cm³/mol. The first-order chi connectivity index (χ1) is 10.4. The fourth-order valence-electron chi connectivity index (χ4n) is 2.66. The van der Waals surface area contributed by atoms with E-state index >= 15 is 0 Å². The van der Waals surface area contributed by atoms with Gasteiger partial charge in [-0.15, -0.1) is 0 Å². The maximum atomic E-state index is 11.9. The number of alkyl carbamates (subject to hydrolysis) is 1. The number of amides is 1. The first-order valence-electron chi connectivity index (χ1n) is 7.66. The number of nitrogens with one attached hydrogen (secondary N) is 1. The van der Waals surface area contributed by atoms with Crippen LogP contribution in [0.25, 0.3) is 0 Å². The molecule has 0 spiro atoms. The van der Waals surface area contributed by atoms with Gasteiger partial charge in [0.2, 0.25) is 0 Å². The Morgan fingerprint density at radius 1 is 1.27 bits per heavy atom. The van der Waals surface area contributed by atoms with Crippen LogP contribution in [0.1, 0.15) is 26.3 Å². The van der Waals surface area contributed by atoms with Gasteiger partial charge in [0.15, 0.2) is 0 Å². The third-order valence-corrected chi connectivity index (χ3v) is 3.60. The van der Waals surface area contributed by atoms with Crippen molar-refractivity contribution in [2.24, 2.45) is 0 Å². The van der Waals surface area contributed by atoms with Gasteiger partial charge in [-0.3, -0.25) is 4.90 Å². The molecule has 0 radical (unpaired) electrons. The Morgan fingerprint density at radius 2 is 1.95 bits per heavy atom. The molecule has 1 aliphatic rings. The number of methoxy groups -OCH3 is 1. The Hall–Kier alpha value is -1.59. The average Bonchev–Trinajstić information content (AvgIpc) is 2.79. The van der Waals surface area contributed by atoms with Crippen molar-refractivity contribution in [1.29, 1.82) is 0 Å². The lowest BCUT2D eigenvalue weighted by molar-refractivity contribution is 0.0415. The van der Waals surface area contributed by atoms with Crippen molar-refractivity contribution in [3.05, 3.63) is 35.9 Å². The van der Waals surface area contributed by atoms with Crippen molar-refractivity contribution < 1.29 is 14.3 Å². The van der Waals surface area contributed by atoms with E-state index < -0.39 is 5.60 Å². The molecular formula is C17H26N2O3. The lowest BCUT2D eigenvalue weighted by Gasteiger charge is -2.23. The van der Waals surface area contributed by atoms with E-state index in [1.165, 1.54) is 5.56 Å². The number of hydrogen-bond donors (Lipinski definition) is 1. The highest BCUT2D eigenvalue weighted by atomic mass is 16.6. The molecular weight excluding hydrogens is 280 g/mol. The zero-order chi connectivity index (χ0) is 16.2. The summed E-state index contributed by atoms with van der Waals surface area (Å²) in [4.78, 5) is 14.2. The van der Waals surface area contributed by atoms with Crippen LogP contribution in [0.5, 0.6) is 0 Å². The standard InChI is InChI=1S/C17H26N2O3/c1-17(2,3)22-16(20)18-14-11-19(12-15(14)21-4)10-13-8-6-5-7-9-13/h5-9,14-15H,10-12H2,1-4H3,(H,18,20). The molecule has 1 N–H and O–H groups in total. The van der Waals surface area contributed by atoms with E-state index in [0.29, 0.717) is 0 Å². The molecule has 0 bridgehead atoms. The molecule has 2 atom stereocenters. The summed E-state index contributed by atoms with van der Waals surface area (Å²) in [7, 11) is 1.68. The minimum atomic E-state index is -0.491. The van der Waals surface area contributed by atoms with Gasteiger partial charge in [0.25, 0.3) is 0 Å². The summed E-state index contributed by atoms with van der Waals surface area (Å²) in [5, 5.41) is 2.92. The zero-order valence-electron chi connectivity index (χ0n) is 13.8. The van der Waals surface area contributed by atoms with Crippen LogP contribution in [0.15, 0.2) is 30.3 Å². The molecule has 122 valence electrons. The maximum Gasteiger partial charge on any atom is 0.408 e. The summed E-state index contributed by atoms with van der Waals surface area (Å²) in [6.45, 7) is 7.98. The summed E-state index contributed by atoms with van der Waals surface area (Å²) in [5.74, 6) is 0. The van der Waals surface area contributed by atoms with E-state index in [4.69, 9.17) is 9.47 Å². The minimum absolute atomic E-state index is 0.0174. The summed E-state index contributed by atoms with van der Waals surface area (Å²) < 4.78 is 10.8. The second kappa shape index (κ2) is 7.11. The molecule has 2 unspecified atom stereocenters. The van der Waals surface area contributed by atoms with E-state index in [9.17, 15) is 4.79 Å². The monoisotopic (exact) mass is 306 g/mol. The lowest BCUT2D eigenvalue weighted by Crippen LogP contribution is -2.45. The topological polar surface area (TPSA) is 50.8 Å². The summed E-state index contributed by atoms with van der Waals surface area (Å²) in [6.07, 6.45) is -0.405. The third kappa shape index (κ3) is 5.00. The number of rotatable bonds is 4. The molecule has 1 aromatic rings. The van der Waals surface area contributed by atoms with Crippen LogP contribution >= 0.6 is 0 Å². The van der Waals surface area contributed by atoms with E-state index in [0.717, 1.165) is 19.6 Å². The van der Waals surface area contributed by atoms with Gasteiger partial charge >= 0.3 is 6.09 Å². The van der Waals surface area contributed by atoms with E-state index in [1.807, 2.05) is 39.0 Å². The van der Waals surface area contributed by atoms with Crippen molar-refractivity contribution in [3.63, 3.8) is 0 Å². The fourth-order valence-corrected chi connectivity index (χ4v) is 2.66. The largest absolute Gasteiger partial charge is 0.444 e. The van der Waals surface area contributed by atoms with Gasteiger partial charge in [-0.2, -0.15) is 0 Å². The Kier molecular flexibility index (Phi) is 5.42. The third-order valence-electron chi connectivity index (χ3n) is 3.60. The number of hydrogen-bond acceptors (Lipinski definition) is 4.